The zero-order valence-corrected chi connectivity index (χ0v) is 15.4. The van der Waals surface area contributed by atoms with E-state index in [1.165, 1.54) is 30.3 Å². The largest absolute Gasteiger partial charge is 0.301 e. The molecule has 0 unspecified atom stereocenters. The highest BCUT2D eigenvalue weighted by molar-refractivity contribution is 7.92. The highest BCUT2D eigenvalue weighted by Gasteiger charge is 2.20. The van der Waals surface area contributed by atoms with Crippen LogP contribution in [0.1, 0.15) is 0 Å². The van der Waals surface area contributed by atoms with Crippen molar-refractivity contribution in [3.8, 4) is 11.3 Å². The van der Waals surface area contributed by atoms with Gasteiger partial charge >= 0.3 is 0 Å². The first-order chi connectivity index (χ1) is 12.8. The lowest BCUT2D eigenvalue weighted by atomic mass is 10.1. The molecule has 3 aromatic rings. The van der Waals surface area contributed by atoms with Gasteiger partial charge in [-0.2, -0.15) is 0 Å². The van der Waals surface area contributed by atoms with Crippen LogP contribution < -0.4 is 5.32 Å². The number of nitrogens with one attached hydrogen (secondary N) is 1. The van der Waals surface area contributed by atoms with Crippen molar-refractivity contribution in [3.05, 3.63) is 70.1 Å². The quantitative estimate of drug-likeness (QED) is 0.499. The number of carbonyl (C=O) groups is 1. The first kappa shape index (κ1) is 18.7. The third kappa shape index (κ3) is 4.54. The minimum atomic E-state index is -3.75. The molecule has 0 saturated carbocycles. The average molecular weight is 403 g/mol. The summed E-state index contributed by atoms with van der Waals surface area (Å²) < 4.78 is 24.4. The van der Waals surface area contributed by atoms with Crippen molar-refractivity contribution in [3.63, 3.8) is 0 Å². The molecule has 0 saturated heterocycles. The second-order valence-corrected chi connectivity index (χ2v) is 8.31. The highest BCUT2D eigenvalue weighted by atomic mass is 32.2. The van der Waals surface area contributed by atoms with E-state index < -0.39 is 26.4 Å². The van der Waals surface area contributed by atoms with Crippen LogP contribution in [0.2, 0.25) is 0 Å². The summed E-state index contributed by atoms with van der Waals surface area (Å²) in [6.45, 7) is 0. The normalized spacial score (nSPS) is 11.1. The van der Waals surface area contributed by atoms with Gasteiger partial charge < -0.3 is 5.32 Å². The zero-order chi connectivity index (χ0) is 19.4. The molecule has 0 aliphatic heterocycles. The van der Waals surface area contributed by atoms with Crippen LogP contribution in [0.4, 0.5) is 10.8 Å². The summed E-state index contributed by atoms with van der Waals surface area (Å²) >= 11 is 1.10. The van der Waals surface area contributed by atoms with Crippen LogP contribution >= 0.6 is 11.3 Å². The summed E-state index contributed by atoms with van der Waals surface area (Å²) in [6, 6.07) is 13.6. The van der Waals surface area contributed by atoms with E-state index in [9.17, 15) is 23.3 Å². The Labute approximate surface area is 158 Å². The van der Waals surface area contributed by atoms with Gasteiger partial charge in [-0.3, -0.25) is 14.9 Å². The summed E-state index contributed by atoms with van der Waals surface area (Å²) in [6.07, 6.45) is 0. The lowest BCUT2D eigenvalue weighted by Crippen LogP contribution is -2.22. The number of anilines is 1. The number of benzene rings is 2. The predicted molar refractivity (Wildman–Crippen MR) is 101 cm³/mol. The number of carbonyl (C=O) groups excluding carboxylic acids is 1. The van der Waals surface area contributed by atoms with E-state index in [-0.39, 0.29) is 15.7 Å². The van der Waals surface area contributed by atoms with Crippen LogP contribution in [0, 0.1) is 10.1 Å². The van der Waals surface area contributed by atoms with Crippen molar-refractivity contribution in [2.45, 2.75) is 4.90 Å². The molecule has 0 bridgehead atoms. The van der Waals surface area contributed by atoms with E-state index in [4.69, 9.17) is 0 Å². The molecule has 1 aromatic heterocycles. The molecule has 10 heteroatoms. The molecule has 0 aliphatic carbocycles. The molecule has 1 heterocycles. The van der Waals surface area contributed by atoms with Gasteiger partial charge in [-0.05, 0) is 12.1 Å². The lowest BCUT2D eigenvalue weighted by Gasteiger charge is -2.04. The summed E-state index contributed by atoms with van der Waals surface area (Å²) in [7, 11) is -3.75. The van der Waals surface area contributed by atoms with Gasteiger partial charge in [0.2, 0.25) is 5.91 Å². The maximum atomic E-state index is 12.2. The van der Waals surface area contributed by atoms with Gasteiger partial charge in [0.05, 0.1) is 15.5 Å². The number of hydrogen-bond acceptors (Lipinski definition) is 7. The number of hydrogen-bond donors (Lipinski definition) is 1. The van der Waals surface area contributed by atoms with Gasteiger partial charge in [-0.1, -0.05) is 30.3 Å². The lowest BCUT2D eigenvalue weighted by molar-refractivity contribution is -0.384. The van der Waals surface area contributed by atoms with E-state index in [1.807, 2.05) is 0 Å². The van der Waals surface area contributed by atoms with Crippen molar-refractivity contribution >= 4 is 37.9 Å². The first-order valence-electron chi connectivity index (χ1n) is 7.63. The Morgan fingerprint density at radius 2 is 1.89 bits per heavy atom. The Bertz CT molecular complexity index is 1090. The molecule has 0 atom stereocenters. The number of nitro groups is 1. The third-order valence-electron chi connectivity index (χ3n) is 3.53. The average Bonchev–Trinajstić information content (AvgIpc) is 3.10. The van der Waals surface area contributed by atoms with Gasteiger partial charge in [0.25, 0.3) is 5.69 Å². The van der Waals surface area contributed by atoms with Gasteiger partial charge in [-0.15, -0.1) is 11.3 Å². The number of non-ortho nitro benzene ring substituents is 1. The van der Waals surface area contributed by atoms with Crippen LogP contribution in [0.25, 0.3) is 11.3 Å². The Kier molecular flexibility index (Phi) is 5.28. The monoisotopic (exact) mass is 403 g/mol. The van der Waals surface area contributed by atoms with Crippen molar-refractivity contribution in [1.29, 1.82) is 0 Å². The van der Waals surface area contributed by atoms with Gasteiger partial charge in [0.15, 0.2) is 15.0 Å². The summed E-state index contributed by atoms with van der Waals surface area (Å²) in [4.78, 5) is 26.7. The van der Waals surface area contributed by atoms with E-state index in [2.05, 4.69) is 10.3 Å². The number of aromatic nitrogens is 1. The fourth-order valence-corrected chi connectivity index (χ4v) is 4.17. The Morgan fingerprint density at radius 3 is 2.59 bits per heavy atom. The zero-order valence-electron chi connectivity index (χ0n) is 13.7. The fraction of sp³-hybridized carbons (Fsp3) is 0.0588. The van der Waals surface area contributed by atoms with Crippen molar-refractivity contribution in [2.24, 2.45) is 0 Å². The Morgan fingerprint density at radius 1 is 1.15 bits per heavy atom. The van der Waals surface area contributed by atoms with Crippen LogP contribution in [0.3, 0.4) is 0 Å². The Balaban J connectivity index is 1.72. The molecule has 0 fully saturated rings. The van der Waals surface area contributed by atoms with Gasteiger partial charge in [0, 0.05) is 23.1 Å². The van der Waals surface area contributed by atoms with Crippen molar-refractivity contribution in [1.82, 2.24) is 4.98 Å². The van der Waals surface area contributed by atoms with Crippen molar-refractivity contribution in [2.75, 3.05) is 11.1 Å². The second kappa shape index (κ2) is 7.64. The highest BCUT2D eigenvalue weighted by Crippen LogP contribution is 2.27. The van der Waals surface area contributed by atoms with Gasteiger partial charge in [0.1, 0.15) is 5.75 Å². The molecule has 1 N–H and O–H groups in total. The second-order valence-electron chi connectivity index (χ2n) is 5.47. The molecule has 2 aromatic carbocycles. The van der Waals surface area contributed by atoms with Crippen LogP contribution in [-0.2, 0) is 14.6 Å². The molecular weight excluding hydrogens is 390 g/mol. The molecule has 0 aliphatic rings. The molecule has 1 amide bonds. The number of sulfone groups is 1. The summed E-state index contributed by atoms with van der Waals surface area (Å²) in [5.74, 6) is -1.42. The number of amides is 1. The van der Waals surface area contributed by atoms with E-state index in [0.717, 1.165) is 11.3 Å². The molecule has 0 spiro atoms. The number of thiazole rings is 1. The molecule has 138 valence electrons. The third-order valence-corrected chi connectivity index (χ3v) is 5.92. The maximum absolute atomic E-state index is 12.2. The van der Waals surface area contributed by atoms with Crippen LogP contribution in [-0.4, -0.2) is 30.0 Å². The summed E-state index contributed by atoms with van der Waals surface area (Å²) in [5.41, 5.74) is 0.905. The number of rotatable bonds is 6. The SMILES string of the molecule is O=C(CS(=O)(=O)c1ccccc1)Nc1nc(-c2cccc([N+](=O)[O-])c2)cs1. The van der Waals surface area contributed by atoms with Crippen LogP contribution in [0.5, 0.6) is 0 Å². The predicted octanol–water partition coefficient (Wildman–Crippen LogP) is 3.13. The smallest absolute Gasteiger partial charge is 0.270 e. The molecule has 27 heavy (non-hydrogen) atoms. The fourth-order valence-electron chi connectivity index (χ4n) is 2.28. The van der Waals surface area contributed by atoms with E-state index >= 15 is 0 Å². The minimum Gasteiger partial charge on any atom is -0.301 e. The molecule has 0 radical (unpaired) electrons. The van der Waals surface area contributed by atoms with Gasteiger partial charge in [-0.25, -0.2) is 13.4 Å². The molecule has 3 rings (SSSR count). The summed E-state index contributed by atoms with van der Waals surface area (Å²) in [5, 5.41) is 15.1. The Hall–Kier alpha value is -3.11. The number of nitro benzene ring substituents is 1. The van der Waals surface area contributed by atoms with Crippen molar-refractivity contribution < 1.29 is 18.1 Å². The molecular formula is C17H13N3O5S2. The molecule has 8 nitrogen and oxygen atoms in total. The standard InChI is InChI=1S/C17H13N3O5S2/c21-16(11-27(24,25)14-7-2-1-3-8-14)19-17-18-15(10-26-17)12-5-4-6-13(9-12)20(22)23/h1-10H,11H2,(H,18,19,21). The maximum Gasteiger partial charge on any atom is 0.270 e. The first-order valence-corrected chi connectivity index (χ1v) is 10.2. The van der Waals surface area contributed by atoms with E-state index in [1.54, 1.807) is 29.6 Å². The van der Waals surface area contributed by atoms with E-state index in [0.29, 0.717) is 11.3 Å². The van der Waals surface area contributed by atoms with Crippen LogP contribution in [0.15, 0.2) is 64.9 Å². The topological polar surface area (TPSA) is 119 Å². The minimum absolute atomic E-state index is 0.0663. The number of nitrogens with zero attached hydrogens (tertiary/aromatic N) is 2.